The Hall–Kier alpha value is -5.90. The van der Waals surface area contributed by atoms with E-state index in [1.54, 1.807) is 43.3 Å². The van der Waals surface area contributed by atoms with Gasteiger partial charge >= 0.3 is 18.1 Å². The lowest BCUT2D eigenvalue weighted by Gasteiger charge is -2.47. The minimum atomic E-state index is -3.42. The number of nitrogens with zero attached hydrogens (tertiary/aromatic N) is 9. The Labute approximate surface area is 331 Å². The highest BCUT2D eigenvalue weighted by Crippen LogP contribution is 2.36. The number of carboxylic acid groups (broad SMARTS) is 1. The van der Waals surface area contributed by atoms with Gasteiger partial charge < -0.3 is 50.2 Å². The van der Waals surface area contributed by atoms with Gasteiger partial charge in [0.05, 0.1) is 35.8 Å². The number of fused-ring (bicyclic) bond motifs is 1. The fourth-order valence-corrected chi connectivity index (χ4v) is 7.75. The minimum Gasteiger partial charge on any atom is -0.479 e. The summed E-state index contributed by atoms with van der Waals surface area (Å²) >= 11 is 0. The molecule has 0 saturated carbocycles. The van der Waals surface area contributed by atoms with Crippen molar-refractivity contribution >= 4 is 44.8 Å². The third-order valence-electron chi connectivity index (χ3n) is 10.0. The van der Waals surface area contributed by atoms with Crippen LogP contribution in [0.4, 0.5) is 15.3 Å². The van der Waals surface area contributed by atoms with Crippen molar-refractivity contribution in [2.24, 2.45) is 0 Å². The van der Waals surface area contributed by atoms with E-state index in [9.17, 15) is 48.5 Å². The summed E-state index contributed by atoms with van der Waals surface area (Å²) in [6.45, 7) is 1.80. The van der Waals surface area contributed by atoms with Gasteiger partial charge in [-0.15, -0.1) is 0 Å². The van der Waals surface area contributed by atoms with Crippen LogP contribution in [0.2, 0.25) is 0 Å². The maximum absolute atomic E-state index is 13.5. The summed E-state index contributed by atoms with van der Waals surface area (Å²) < 4.78 is 45.0. The number of aromatic nitrogens is 5. The maximum Gasteiger partial charge on any atom is 0.409 e. The number of carbonyl (C=O) groups excluding carboxylic acids is 2. The molecule has 5 atom stereocenters. The van der Waals surface area contributed by atoms with Crippen molar-refractivity contribution in [1.29, 1.82) is 5.26 Å². The van der Waals surface area contributed by atoms with Crippen LogP contribution in [-0.2, 0) is 36.4 Å². The number of sulfonamides is 1. The highest BCUT2D eigenvalue weighted by molar-refractivity contribution is 7.89. The van der Waals surface area contributed by atoms with Crippen LogP contribution in [0.3, 0.4) is 0 Å². The second-order valence-corrected chi connectivity index (χ2v) is 16.2. The first-order chi connectivity index (χ1) is 27.5. The number of ether oxygens (including phenoxy) is 3. The van der Waals surface area contributed by atoms with Crippen LogP contribution in [0.15, 0.2) is 49.2 Å². The van der Waals surface area contributed by atoms with Crippen molar-refractivity contribution in [1.82, 2.24) is 38.4 Å². The Morgan fingerprint density at radius 3 is 2.48 bits per heavy atom. The van der Waals surface area contributed by atoms with Crippen LogP contribution in [0.1, 0.15) is 18.9 Å². The Kier molecular flexibility index (Phi) is 11.9. The van der Waals surface area contributed by atoms with Crippen LogP contribution in [-0.4, -0.2) is 162 Å². The van der Waals surface area contributed by atoms with Gasteiger partial charge in [-0.05, 0) is 30.7 Å². The molecular formula is C35H42N10O12S. The van der Waals surface area contributed by atoms with Crippen LogP contribution in [0.5, 0.6) is 5.75 Å². The highest BCUT2D eigenvalue weighted by Gasteiger charge is 2.50. The third-order valence-corrected chi connectivity index (χ3v) is 11.8. The molecule has 2 aliphatic rings. The van der Waals surface area contributed by atoms with E-state index in [1.165, 1.54) is 50.2 Å². The van der Waals surface area contributed by atoms with Gasteiger partial charge in [0.2, 0.25) is 16.3 Å². The molecule has 0 unspecified atom stereocenters. The topological polar surface area (TPSA) is 302 Å². The van der Waals surface area contributed by atoms with Gasteiger partial charge in [0.25, 0.3) is 0 Å². The number of carbonyl (C=O) groups is 3. The Morgan fingerprint density at radius 1 is 1.09 bits per heavy atom. The third kappa shape index (κ3) is 8.10. The zero-order valence-electron chi connectivity index (χ0n) is 31.5. The molecule has 6 N–H and O–H groups in total. The molecule has 2 fully saturated rings. The van der Waals surface area contributed by atoms with Crippen LogP contribution < -0.4 is 10.5 Å². The zero-order chi connectivity index (χ0) is 42.1. The highest BCUT2D eigenvalue weighted by atomic mass is 32.2. The summed E-state index contributed by atoms with van der Waals surface area (Å²) in [6, 6.07) is 7.67. The van der Waals surface area contributed by atoms with Gasteiger partial charge in [-0.25, -0.2) is 32.8 Å². The van der Waals surface area contributed by atoms with Crippen LogP contribution in [0.25, 0.3) is 22.3 Å². The number of likely N-dealkylation sites (N-methyl/N-ethyl adjacent to an activating group) is 2. The van der Waals surface area contributed by atoms with Crippen LogP contribution in [0, 0.1) is 11.3 Å². The number of anilines is 1. The Morgan fingerprint density at radius 2 is 1.81 bits per heavy atom. The summed E-state index contributed by atoms with van der Waals surface area (Å²) in [7, 11) is -0.372. The fraction of sp³-hybridized carbons (Fsp3) is 0.457. The maximum atomic E-state index is 13.5. The standard InChI is InChI=1S/C35H42N10O12S/c1-4-58(53,54)43-17-35(18-43,8-9-36)45-15-21(14-40-45)25-22-7-10-44(30(22)39-19-38-25)33(51)41(2)11-12-42(3)34(52)55-16-20-5-6-24(23(37)13-20)56-32-28(48)26(46)27(47)29(57-32)31(49)50/h5-7,10,13-15,19,26-29,32,46-48H,4,8,11-12,16-18,37H2,1-3H3,(H,49,50)/t26-,27-,28+,29-,32+/m0/s1. The van der Waals surface area contributed by atoms with Crippen LogP contribution >= 0.6 is 0 Å². The number of nitriles is 1. The number of hydrogen-bond acceptors (Lipinski definition) is 16. The van der Waals surface area contributed by atoms with Crippen molar-refractivity contribution in [2.75, 3.05) is 51.8 Å². The molecule has 310 valence electrons. The van der Waals surface area contributed by atoms with Gasteiger partial charge in [0.1, 0.15) is 42.5 Å². The number of benzene rings is 1. The van der Waals surface area contributed by atoms with E-state index in [0.717, 1.165) is 0 Å². The van der Waals surface area contributed by atoms with Crippen molar-refractivity contribution in [3.63, 3.8) is 0 Å². The largest absolute Gasteiger partial charge is 0.479 e. The average molecular weight is 827 g/mol. The zero-order valence-corrected chi connectivity index (χ0v) is 32.3. The monoisotopic (exact) mass is 826 g/mol. The molecule has 58 heavy (non-hydrogen) atoms. The fourth-order valence-electron chi connectivity index (χ4n) is 6.51. The van der Waals surface area contributed by atoms with E-state index in [0.29, 0.717) is 27.9 Å². The molecule has 22 nitrogen and oxygen atoms in total. The summed E-state index contributed by atoms with van der Waals surface area (Å²) in [4.78, 5) is 49.1. The van der Waals surface area contributed by atoms with Crippen molar-refractivity contribution in [3.8, 4) is 23.1 Å². The molecule has 23 heteroatoms. The molecular weight excluding hydrogens is 785 g/mol. The number of aliphatic hydroxyl groups is 3. The summed E-state index contributed by atoms with van der Waals surface area (Å²) in [5.74, 6) is -1.64. The second kappa shape index (κ2) is 16.5. The number of amides is 2. The van der Waals surface area contributed by atoms with Crippen molar-refractivity contribution < 1.29 is 57.4 Å². The molecule has 2 saturated heterocycles. The molecule has 2 aliphatic heterocycles. The van der Waals surface area contributed by atoms with Gasteiger partial charge in [0.15, 0.2) is 11.8 Å². The minimum absolute atomic E-state index is 0.0198. The van der Waals surface area contributed by atoms with Gasteiger partial charge in [-0.2, -0.15) is 14.7 Å². The Balaban J connectivity index is 1.03. The molecule has 1 aromatic carbocycles. The molecule has 5 heterocycles. The number of carboxylic acids is 1. The predicted octanol–water partition coefficient (Wildman–Crippen LogP) is -0.409. The van der Waals surface area contributed by atoms with Gasteiger partial charge in [-0.3, -0.25) is 9.25 Å². The molecule has 0 radical (unpaired) electrons. The van der Waals surface area contributed by atoms with E-state index < -0.39 is 64.4 Å². The first-order valence-electron chi connectivity index (χ1n) is 17.8. The lowest BCUT2D eigenvalue weighted by atomic mass is 9.89. The molecule has 2 amide bonds. The molecule has 0 aliphatic carbocycles. The number of aliphatic hydroxyl groups excluding tert-OH is 3. The first kappa shape index (κ1) is 41.7. The number of aliphatic carboxylic acids is 1. The number of hydrogen-bond donors (Lipinski definition) is 5. The number of nitrogen functional groups attached to an aromatic ring is 1. The molecule has 6 rings (SSSR count). The number of nitrogens with two attached hydrogens (primary N) is 1. The van der Waals surface area contributed by atoms with E-state index in [1.807, 2.05) is 0 Å². The predicted molar refractivity (Wildman–Crippen MR) is 200 cm³/mol. The SMILES string of the molecule is CCS(=O)(=O)N1CC(CC#N)(n2cc(-c3ncnc4c3ccn4C(=O)N(C)CCN(C)C(=O)OCc3ccc(O[C@@H]4O[C@H](C(=O)O)[C@@H](O)[C@H](O)[C@H]4O)c(N)c3)cn2)C1. The lowest BCUT2D eigenvalue weighted by molar-refractivity contribution is -0.271. The van der Waals surface area contributed by atoms with E-state index in [2.05, 4.69) is 21.1 Å². The summed E-state index contributed by atoms with van der Waals surface area (Å²) in [5.41, 5.74) is 7.09. The number of rotatable bonds is 13. The molecule has 0 spiro atoms. The normalized spacial score (nSPS) is 21.8. The van der Waals surface area contributed by atoms with E-state index in [4.69, 9.17) is 19.9 Å². The first-order valence-corrected chi connectivity index (χ1v) is 19.4. The Bertz CT molecular complexity index is 2340. The smallest absolute Gasteiger partial charge is 0.409 e. The van der Waals surface area contributed by atoms with Gasteiger partial charge in [0, 0.05) is 63.6 Å². The summed E-state index contributed by atoms with van der Waals surface area (Å²) in [6.07, 6.45) is -3.56. The van der Waals surface area contributed by atoms with Gasteiger partial charge in [-0.1, -0.05) is 6.07 Å². The van der Waals surface area contributed by atoms with E-state index in [-0.39, 0.29) is 56.4 Å². The molecule has 4 aromatic rings. The van der Waals surface area contributed by atoms with E-state index >= 15 is 0 Å². The quantitative estimate of drug-likeness (QED) is 0.107. The van der Waals surface area contributed by atoms with Crippen molar-refractivity contribution in [2.45, 2.75) is 56.2 Å². The average Bonchev–Trinajstić information content (AvgIpc) is 3.86. The van der Waals surface area contributed by atoms with Crippen molar-refractivity contribution in [3.05, 3.63) is 54.7 Å². The summed E-state index contributed by atoms with van der Waals surface area (Å²) in [5, 5.41) is 53.9. The second-order valence-electron chi connectivity index (χ2n) is 14.0. The lowest BCUT2D eigenvalue weighted by Crippen LogP contribution is -2.64. The molecule has 0 bridgehead atoms. The molecule has 3 aromatic heterocycles.